The zero-order valence-corrected chi connectivity index (χ0v) is 12.4. The maximum absolute atomic E-state index is 5.29. The van der Waals surface area contributed by atoms with Crippen molar-refractivity contribution < 1.29 is 4.74 Å². The van der Waals surface area contributed by atoms with Crippen molar-refractivity contribution >= 4 is 5.69 Å². The second-order valence-corrected chi connectivity index (χ2v) is 5.59. The van der Waals surface area contributed by atoms with Crippen LogP contribution in [0.25, 0.3) is 0 Å². The summed E-state index contributed by atoms with van der Waals surface area (Å²) in [6, 6.07) is 9.05. The van der Waals surface area contributed by atoms with Gasteiger partial charge in [-0.1, -0.05) is 6.07 Å². The van der Waals surface area contributed by atoms with Gasteiger partial charge in [0.25, 0.3) is 0 Å². The number of nitrogens with zero attached hydrogens (tertiary/aromatic N) is 1. The average Bonchev–Trinajstić information content (AvgIpc) is 2.48. The third-order valence-corrected chi connectivity index (χ3v) is 4.28. The van der Waals surface area contributed by atoms with Crippen molar-refractivity contribution in [3.05, 3.63) is 24.3 Å². The van der Waals surface area contributed by atoms with Crippen LogP contribution in [0.2, 0.25) is 0 Å². The third-order valence-electron chi connectivity index (χ3n) is 4.28. The Bertz CT molecular complexity index is 386. The largest absolute Gasteiger partial charge is 0.497 e. The van der Waals surface area contributed by atoms with Gasteiger partial charge in [0.1, 0.15) is 5.75 Å². The van der Waals surface area contributed by atoms with Crippen LogP contribution in [0.3, 0.4) is 0 Å². The summed E-state index contributed by atoms with van der Waals surface area (Å²) in [5.41, 5.74) is 1.25. The molecule has 0 bridgehead atoms. The number of benzene rings is 1. The number of hydrogen-bond acceptors (Lipinski definition) is 3. The van der Waals surface area contributed by atoms with E-state index in [1.54, 1.807) is 7.11 Å². The van der Waals surface area contributed by atoms with Crippen LogP contribution >= 0.6 is 0 Å². The highest BCUT2D eigenvalue weighted by Gasteiger charge is 2.21. The molecule has 1 aliphatic carbocycles. The van der Waals surface area contributed by atoms with Gasteiger partial charge in [0.2, 0.25) is 0 Å². The molecule has 0 heterocycles. The van der Waals surface area contributed by atoms with Crippen LogP contribution in [-0.2, 0) is 0 Å². The number of anilines is 1. The highest BCUT2D eigenvalue weighted by Crippen LogP contribution is 2.27. The lowest BCUT2D eigenvalue weighted by atomic mass is 9.86. The van der Waals surface area contributed by atoms with E-state index >= 15 is 0 Å². The molecule has 3 nitrogen and oxygen atoms in total. The first-order valence-electron chi connectivity index (χ1n) is 7.25. The average molecular weight is 262 g/mol. The zero-order valence-electron chi connectivity index (χ0n) is 12.4. The molecule has 1 saturated carbocycles. The topological polar surface area (TPSA) is 24.5 Å². The SMILES string of the molecule is CNC1CCC(CN(C)c2cccc(OC)c2)CC1. The Morgan fingerprint density at radius 3 is 2.63 bits per heavy atom. The monoisotopic (exact) mass is 262 g/mol. The molecule has 0 amide bonds. The van der Waals surface area contributed by atoms with Gasteiger partial charge in [0.15, 0.2) is 0 Å². The van der Waals surface area contributed by atoms with Crippen LogP contribution in [0.5, 0.6) is 5.75 Å². The summed E-state index contributed by atoms with van der Waals surface area (Å²) in [6.45, 7) is 1.14. The summed E-state index contributed by atoms with van der Waals surface area (Å²) >= 11 is 0. The van der Waals surface area contributed by atoms with Crippen LogP contribution in [0, 0.1) is 5.92 Å². The molecule has 1 aromatic carbocycles. The maximum atomic E-state index is 5.29. The predicted octanol–water partition coefficient (Wildman–Crippen LogP) is 2.91. The van der Waals surface area contributed by atoms with Crippen molar-refractivity contribution in [3.8, 4) is 5.75 Å². The lowest BCUT2D eigenvalue weighted by Crippen LogP contribution is -2.34. The van der Waals surface area contributed by atoms with Crippen molar-refractivity contribution in [2.75, 3.05) is 32.6 Å². The normalized spacial score (nSPS) is 23.1. The minimum absolute atomic E-state index is 0.735. The fraction of sp³-hybridized carbons (Fsp3) is 0.625. The Labute approximate surface area is 116 Å². The summed E-state index contributed by atoms with van der Waals surface area (Å²) < 4.78 is 5.29. The number of rotatable bonds is 5. The standard InChI is InChI=1S/C16H26N2O/c1-17-14-9-7-13(8-10-14)12-18(2)15-5-4-6-16(11-15)19-3/h4-6,11,13-14,17H,7-10,12H2,1-3H3. The number of hydrogen-bond donors (Lipinski definition) is 1. The number of ether oxygens (including phenoxy) is 1. The van der Waals surface area contributed by atoms with Crippen LogP contribution in [0.15, 0.2) is 24.3 Å². The molecule has 0 atom stereocenters. The lowest BCUT2D eigenvalue weighted by Gasteiger charge is -2.32. The molecular formula is C16H26N2O. The molecule has 0 aliphatic heterocycles. The summed E-state index contributed by atoms with van der Waals surface area (Å²) in [7, 11) is 5.98. The first-order chi connectivity index (χ1) is 9.22. The quantitative estimate of drug-likeness (QED) is 0.883. The molecule has 1 fully saturated rings. The first kappa shape index (κ1) is 14.2. The van der Waals surface area contributed by atoms with Gasteiger partial charge in [-0.3, -0.25) is 0 Å². The van der Waals surface area contributed by atoms with Crippen LogP contribution in [-0.4, -0.2) is 33.8 Å². The minimum atomic E-state index is 0.735. The molecule has 106 valence electrons. The van der Waals surface area contributed by atoms with E-state index in [4.69, 9.17) is 4.74 Å². The van der Waals surface area contributed by atoms with Gasteiger partial charge in [-0.15, -0.1) is 0 Å². The van der Waals surface area contributed by atoms with E-state index in [2.05, 4.69) is 42.5 Å². The number of nitrogens with one attached hydrogen (secondary N) is 1. The molecular weight excluding hydrogens is 236 g/mol. The van der Waals surface area contributed by atoms with Gasteiger partial charge >= 0.3 is 0 Å². The molecule has 1 aliphatic rings. The molecule has 3 heteroatoms. The van der Waals surface area contributed by atoms with Crippen LogP contribution in [0.1, 0.15) is 25.7 Å². The van der Waals surface area contributed by atoms with Gasteiger partial charge in [0, 0.05) is 31.4 Å². The smallest absolute Gasteiger partial charge is 0.120 e. The van der Waals surface area contributed by atoms with Crippen LogP contribution < -0.4 is 15.0 Å². The van der Waals surface area contributed by atoms with Crippen molar-refractivity contribution in [2.24, 2.45) is 5.92 Å². The van der Waals surface area contributed by atoms with E-state index in [1.807, 2.05) is 6.07 Å². The van der Waals surface area contributed by atoms with Crippen molar-refractivity contribution in [1.82, 2.24) is 5.32 Å². The lowest BCUT2D eigenvalue weighted by molar-refractivity contribution is 0.305. The van der Waals surface area contributed by atoms with Gasteiger partial charge in [-0.2, -0.15) is 0 Å². The van der Waals surface area contributed by atoms with E-state index in [0.717, 1.165) is 24.3 Å². The summed E-state index contributed by atoms with van der Waals surface area (Å²) in [5, 5.41) is 3.39. The van der Waals surface area contributed by atoms with Gasteiger partial charge in [-0.05, 0) is 50.8 Å². The molecule has 19 heavy (non-hydrogen) atoms. The van der Waals surface area contributed by atoms with Crippen molar-refractivity contribution in [1.29, 1.82) is 0 Å². The van der Waals surface area contributed by atoms with Crippen LogP contribution in [0.4, 0.5) is 5.69 Å². The van der Waals surface area contributed by atoms with E-state index in [1.165, 1.54) is 31.4 Å². The van der Waals surface area contributed by atoms with Crippen molar-refractivity contribution in [2.45, 2.75) is 31.7 Å². The first-order valence-corrected chi connectivity index (χ1v) is 7.25. The van der Waals surface area contributed by atoms with E-state index in [0.29, 0.717) is 0 Å². The maximum Gasteiger partial charge on any atom is 0.120 e. The van der Waals surface area contributed by atoms with Gasteiger partial charge < -0.3 is 15.0 Å². The third kappa shape index (κ3) is 3.87. The minimum Gasteiger partial charge on any atom is -0.497 e. The van der Waals surface area contributed by atoms with E-state index in [9.17, 15) is 0 Å². The van der Waals surface area contributed by atoms with E-state index < -0.39 is 0 Å². The fourth-order valence-electron chi connectivity index (χ4n) is 2.97. The Kier molecular flexibility index (Phi) is 5.08. The second kappa shape index (κ2) is 6.80. The molecule has 0 aromatic heterocycles. The van der Waals surface area contributed by atoms with Gasteiger partial charge in [-0.25, -0.2) is 0 Å². The highest BCUT2D eigenvalue weighted by molar-refractivity contribution is 5.50. The summed E-state index contributed by atoms with van der Waals surface area (Å²) in [6.07, 6.45) is 5.29. The molecule has 1 aromatic rings. The van der Waals surface area contributed by atoms with E-state index in [-0.39, 0.29) is 0 Å². The second-order valence-electron chi connectivity index (χ2n) is 5.59. The molecule has 0 spiro atoms. The predicted molar refractivity (Wildman–Crippen MR) is 81.1 cm³/mol. The molecule has 0 unspecified atom stereocenters. The Balaban J connectivity index is 1.88. The Morgan fingerprint density at radius 1 is 1.26 bits per heavy atom. The highest BCUT2D eigenvalue weighted by atomic mass is 16.5. The fourth-order valence-corrected chi connectivity index (χ4v) is 2.97. The zero-order chi connectivity index (χ0) is 13.7. The molecule has 0 saturated heterocycles. The molecule has 1 N–H and O–H groups in total. The Hall–Kier alpha value is -1.22. The summed E-state index contributed by atoms with van der Waals surface area (Å²) in [5.74, 6) is 1.75. The molecule has 0 radical (unpaired) electrons. The summed E-state index contributed by atoms with van der Waals surface area (Å²) in [4.78, 5) is 2.35. The number of methoxy groups -OCH3 is 1. The van der Waals surface area contributed by atoms with Crippen molar-refractivity contribution in [3.63, 3.8) is 0 Å². The van der Waals surface area contributed by atoms with Gasteiger partial charge in [0.05, 0.1) is 7.11 Å². The Morgan fingerprint density at radius 2 is 2.00 bits per heavy atom. The molecule has 2 rings (SSSR count).